The van der Waals surface area contributed by atoms with Crippen molar-refractivity contribution in [3.05, 3.63) is 18.2 Å². The van der Waals surface area contributed by atoms with Gasteiger partial charge >= 0.3 is 0 Å². The normalized spacial score (nSPS) is 10.2. The molecule has 0 radical (unpaired) electrons. The van der Waals surface area contributed by atoms with Crippen LogP contribution in [0, 0.1) is 0 Å². The van der Waals surface area contributed by atoms with E-state index in [-0.39, 0.29) is 5.75 Å². The molecule has 0 saturated carbocycles. The zero-order chi connectivity index (χ0) is 14.2. The predicted molar refractivity (Wildman–Crippen MR) is 74.0 cm³/mol. The van der Waals surface area contributed by atoms with Gasteiger partial charge < -0.3 is 15.2 Å². The lowest BCUT2D eigenvalue weighted by Crippen LogP contribution is -1.96. The van der Waals surface area contributed by atoms with Crippen molar-refractivity contribution in [2.75, 3.05) is 31.5 Å². The van der Waals surface area contributed by atoms with Gasteiger partial charge in [-0.05, 0) is 19.1 Å². The Hall–Kier alpha value is -1.43. The number of sulfone groups is 1. The van der Waals surface area contributed by atoms with Crippen LogP contribution in [0.25, 0.3) is 0 Å². The van der Waals surface area contributed by atoms with Crippen LogP contribution in [0.5, 0.6) is 11.5 Å². The maximum absolute atomic E-state index is 10.0. The molecule has 0 amide bonds. The standard InChI is InChI=1S/C9H13NO2.C3H8O2S/c1-3-12-9-6-7(10)4-5-8(9)11-2;1-3-6(2,4)5/h4-6H,3,10H2,1-2H3;3H2,1-2H3. The fourth-order valence-electron chi connectivity index (χ4n) is 0.962. The number of rotatable bonds is 4. The molecule has 0 aromatic heterocycles. The molecular formula is C12H21NO4S. The van der Waals surface area contributed by atoms with E-state index in [1.165, 1.54) is 6.26 Å². The summed E-state index contributed by atoms with van der Waals surface area (Å²) in [6.45, 7) is 4.15. The predicted octanol–water partition coefficient (Wildman–Crippen LogP) is 1.73. The molecule has 0 aliphatic heterocycles. The molecule has 0 atom stereocenters. The average molecular weight is 275 g/mol. The highest BCUT2D eigenvalue weighted by Gasteiger charge is 2.02. The van der Waals surface area contributed by atoms with Crippen LogP contribution in [-0.2, 0) is 9.84 Å². The quantitative estimate of drug-likeness (QED) is 0.847. The van der Waals surface area contributed by atoms with Crippen LogP contribution in [0.2, 0.25) is 0 Å². The molecule has 1 aromatic carbocycles. The molecule has 2 N–H and O–H groups in total. The van der Waals surface area contributed by atoms with Gasteiger partial charge in [-0.2, -0.15) is 0 Å². The highest BCUT2D eigenvalue weighted by Crippen LogP contribution is 2.28. The molecule has 0 unspecified atom stereocenters. The number of hydrogen-bond acceptors (Lipinski definition) is 5. The molecule has 104 valence electrons. The van der Waals surface area contributed by atoms with E-state index in [9.17, 15) is 8.42 Å². The maximum Gasteiger partial charge on any atom is 0.163 e. The lowest BCUT2D eigenvalue weighted by molar-refractivity contribution is 0.311. The summed E-state index contributed by atoms with van der Waals surface area (Å²) in [6, 6.07) is 5.32. The van der Waals surface area contributed by atoms with E-state index in [1.54, 1.807) is 32.2 Å². The average Bonchev–Trinajstić information content (AvgIpc) is 2.30. The molecule has 0 fully saturated rings. The Morgan fingerprint density at radius 1 is 1.22 bits per heavy atom. The lowest BCUT2D eigenvalue weighted by Gasteiger charge is -2.08. The Kier molecular flexibility index (Phi) is 7.19. The minimum atomic E-state index is -2.66. The number of ether oxygens (including phenoxy) is 2. The Morgan fingerprint density at radius 2 is 1.78 bits per heavy atom. The van der Waals surface area contributed by atoms with E-state index in [0.29, 0.717) is 23.8 Å². The van der Waals surface area contributed by atoms with Gasteiger partial charge in [-0.1, -0.05) is 6.92 Å². The first-order valence-corrected chi connectivity index (χ1v) is 7.64. The van der Waals surface area contributed by atoms with Crippen LogP contribution in [0.1, 0.15) is 13.8 Å². The van der Waals surface area contributed by atoms with Gasteiger partial charge in [-0.15, -0.1) is 0 Å². The molecule has 0 spiro atoms. The Bertz CT molecular complexity index is 457. The highest BCUT2D eigenvalue weighted by atomic mass is 32.2. The van der Waals surface area contributed by atoms with Gasteiger partial charge in [0.15, 0.2) is 11.5 Å². The van der Waals surface area contributed by atoms with Crippen LogP contribution in [-0.4, -0.2) is 34.1 Å². The second-order valence-electron chi connectivity index (χ2n) is 3.56. The topological polar surface area (TPSA) is 78.6 Å². The molecule has 0 aliphatic carbocycles. The highest BCUT2D eigenvalue weighted by molar-refractivity contribution is 7.90. The summed E-state index contributed by atoms with van der Waals surface area (Å²) in [5.41, 5.74) is 6.26. The molecular weight excluding hydrogens is 254 g/mol. The second-order valence-corrected chi connectivity index (χ2v) is 5.99. The van der Waals surface area contributed by atoms with Gasteiger partial charge in [0.05, 0.1) is 13.7 Å². The molecule has 0 bridgehead atoms. The van der Waals surface area contributed by atoms with E-state index >= 15 is 0 Å². The molecule has 0 saturated heterocycles. The molecule has 6 heteroatoms. The fraction of sp³-hybridized carbons (Fsp3) is 0.500. The van der Waals surface area contributed by atoms with Gasteiger partial charge in [0, 0.05) is 23.8 Å². The van der Waals surface area contributed by atoms with Gasteiger partial charge in [0.25, 0.3) is 0 Å². The van der Waals surface area contributed by atoms with Gasteiger partial charge in [0.2, 0.25) is 0 Å². The van der Waals surface area contributed by atoms with Gasteiger partial charge in [0.1, 0.15) is 9.84 Å². The monoisotopic (exact) mass is 275 g/mol. The number of nitrogen functional groups attached to an aromatic ring is 1. The summed E-state index contributed by atoms with van der Waals surface area (Å²) < 4.78 is 30.4. The second kappa shape index (κ2) is 7.81. The first-order valence-electron chi connectivity index (χ1n) is 5.58. The van der Waals surface area contributed by atoms with Crippen molar-refractivity contribution in [3.8, 4) is 11.5 Å². The summed E-state index contributed by atoms with van der Waals surface area (Å²) in [7, 11) is -1.06. The van der Waals surface area contributed by atoms with Crippen molar-refractivity contribution in [1.29, 1.82) is 0 Å². The van der Waals surface area contributed by atoms with E-state index in [2.05, 4.69) is 0 Å². The Morgan fingerprint density at radius 3 is 2.17 bits per heavy atom. The van der Waals surface area contributed by atoms with E-state index < -0.39 is 9.84 Å². The van der Waals surface area contributed by atoms with Gasteiger partial charge in [-0.25, -0.2) is 8.42 Å². The van der Waals surface area contributed by atoms with E-state index in [1.807, 2.05) is 6.92 Å². The molecule has 0 aliphatic rings. The number of hydrogen-bond donors (Lipinski definition) is 1. The molecule has 1 rings (SSSR count). The number of nitrogens with two attached hydrogens (primary N) is 1. The van der Waals surface area contributed by atoms with Crippen LogP contribution >= 0.6 is 0 Å². The molecule has 5 nitrogen and oxygen atoms in total. The summed E-state index contributed by atoms with van der Waals surface area (Å²) >= 11 is 0. The van der Waals surface area contributed by atoms with Crippen molar-refractivity contribution >= 4 is 15.5 Å². The first-order chi connectivity index (χ1) is 8.34. The van der Waals surface area contributed by atoms with Crippen molar-refractivity contribution in [2.24, 2.45) is 0 Å². The SMILES string of the molecule is CCOc1cc(N)ccc1OC.CCS(C)(=O)=O. The summed E-state index contributed by atoms with van der Waals surface area (Å²) in [4.78, 5) is 0. The lowest BCUT2D eigenvalue weighted by atomic mass is 10.3. The van der Waals surface area contributed by atoms with Crippen LogP contribution in [0.15, 0.2) is 18.2 Å². The van der Waals surface area contributed by atoms with Crippen LogP contribution in [0.3, 0.4) is 0 Å². The van der Waals surface area contributed by atoms with Crippen molar-refractivity contribution in [2.45, 2.75) is 13.8 Å². The van der Waals surface area contributed by atoms with E-state index in [4.69, 9.17) is 15.2 Å². The zero-order valence-corrected chi connectivity index (χ0v) is 12.1. The van der Waals surface area contributed by atoms with Crippen LogP contribution in [0.4, 0.5) is 5.69 Å². The number of anilines is 1. The molecule has 0 heterocycles. The van der Waals surface area contributed by atoms with Crippen molar-refractivity contribution < 1.29 is 17.9 Å². The third-order valence-electron chi connectivity index (χ3n) is 2.01. The smallest absolute Gasteiger partial charge is 0.163 e. The Balaban J connectivity index is 0.000000411. The maximum atomic E-state index is 10.0. The largest absolute Gasteiger partial charge is 0.493 e. The van der Waals surface area contributed by atoms with Crippen molar-refractivity contribution in [1.82, 2.24) is 0 Å². The molecule has 1 aromatic rings. The van der Waals surface area contributed by atoms with Crippen LogP contribution < -0.4 is 15.2 Å². The minimum absolute atomic E-state index is 0.243. The zero-order valence-electron chi connectivity index (χ0n) is 11.3. The number of benzene rings is 1. The molecule has 18 heavy (non-hydrogen) atoms. The Labute approximate surface area is 109 Å². The van der Waals surface area contributed by atoms with Crippen molar-refractivity contribution in [3.63, 3.8) is 0 Å². The summed E-state index contributed by atoms with van der Waals surface area (Å²) in [6.07, 6.45) is 1.22. The third-order valence-corrected chi connectivity index (χ3v) is 3.06. The summed E-state index contributed by atoms with van der Waals surface area (Å²) in [5.74, 6) is 1.65. The number of methoxy groups -OCH3 is 1. The minimum Gasteiger partial charge on any atom is -0.493 e. The van der Waals surface area contributed by atoms with Gasteiger partial charge in [-0.3, -0.25) is 0 Å². The fourth-order valence-corrected chi connectivity index (χ4v) is 0.962. The van der Waals surface area contributed by atoms with E-state index in [0.717, 1.165) is 0 Å². The summed E-state index contributed by atoms with van der Waals surface area (Å²) in [5, 5.41) is 0. The third kappa shape index (κ3) is 7.01. The first kappa shape index (κ1) is 16.6.